The summed E-state index contributed by atoms with van der Waals surface area (Å²) in [6, 6.07) is 14.9. The van der Waals surface area contributed by atoms with Crippen LogP contribution in [0.25, 0.3) is 0 Å². The minimum absolute atomic E-state index is 0.247. The largest absolute Gasteiger partial charge is 0.303 e. The maximum atomic E-state index is 6.10. The van der Waals surface area contributed by atoms with Crippen molar-refractivity contribution in [3.63, 3.8) is 0 Å². The normalized spacial score (nSPS) is 14.0. The van der Waals surface area contributed by atoms with Gasteiger partial charge in [0.15, 0.2) is 0 Å². The Balaban J connectivity index is 2.18. The molecule has 0 heterocycles. The summed E-state index contributed by atoms with van der Waals surface area (Å²) in [6.07, 6.45) is 1.01. The van der Waals surface area contributed by atoms with Crippen LogP contribution in [0.4, 0.5) is 0 Å². The van der Waals surface area contributed by atoms with Gasteiger partial charge in [0.25, 0.3) is 0 Å². The van der Waals surface area contributed by atoms with E-state index in [0.29, 0.717) is 0 Å². The van der Waals surface area contributed by atoms with Crippen LogP contribution in [0.15, 0.2) is 51.4 Å². The first-order valence-electron chi connectivity index (χ1n) is 6.97. The Bertz CT molecular complexity index is 615. The lowest BCUT2D eigenvalue weighted by molar-refractivity contribution is 0.455. The van der Waals surface area contributed by atoms with Gasteiger partial charge < -0.3 is 5.32 Å². The zero-order valence-electron chi connectivity index (χ0n) is 12.0. The molecule has 1 nitrogen and oxygen atoms in total. The third kappa shape index (κ3) is 4.56. The predicted molar refractivity (Wildman–Crippen MR) is 97.9 cm³/mol. The first-order valence-corrected chi connectivity index (χ1v) is 8.94. The number of hydrogen-bond donors (Lipinski definition) is 1. The molecule has 0 radical (unpaired) electrons. The number of benzene rings is 2. The summed E-state index contributed by atoms with van der Waals surface area (Å²) in [5.74, 6) is 0. The Hall–Kier alpha value is -0.350. The molecule has 0 fully saturated rings. The van der Waals surface area contributed by atoms with Gasteiger partial charge in [0.2, 0.25) is 0 Å². The van der Waals surface area contributed by atoms with E-state index < -0.39 is 0 Å². The van der Waals surface area contributed by atoms with Gasteiger partial charge in [-0.3, -0.25) is 0 Å². The molecule has 2 rings (SSSR count). The van der Waals surface area contributed by atoms with Crippen LogP contribution in [0, 0.1) is 0 Å². The van der Waals surface area contributed by atoms with Crippen molar-refractivity contribution >= 4 is 43.5 Å². The van der Waals surface area contributed by atoms with E-state index in [1.54, 1.807) is 0 Å². The molecule has 0 saturated carbocycles. The quantitative estimate of drug-likeness (QED) is 0.558. The van der Waals surface area contributed by atoms with Crippen LogP contribution in [0.2, 0.25) is 5.02 Å². The van der Waals surface area contributed by atoms with Crippen LogP contribution in [-0.2, 0) is 0 Å². The molecule has 0 aromatic heterocycles. The van der Waals surface area contributed by atoms with Crippen LogP contribution < -0.4 is 5.32 Å². The highest BCUT2D eigenvalue weighted by Gasteiger charge is 2.16. The van der Waals surface area contributed by atoms with E-state index >= 15 is 0 Å². The Morgan fingerprint density at radius 2 is 1.90 bits per heavy atom. The van der Waals surface area contributed by atoms with E-state index in [0.717, 1.165) is 20.4 Å². The molecule has 0 spiro atoms. The molecule has 0 aliphatic rings. The SMILES string of the molecule is CCC(NC(C)c1ccc(Br)cc1Br)c1cccc(Cl)c1. The maximum Gasteiger partial charge on any atom is 0.0409 e. The second-order valence-electron chi connectivity index (χ2n) is 5.07. The molecule has 2 atom stereocenters. The summed E-state index contributed by atoms with van der Waals surface area (Å²) < 4.78 is 2.19. The Morgan fingerprint density at radius 3 is 2.52 bits per heavy atom. The van der Waals surface area contributed by atoms with Crippen molar-refractivity contribution in [3.05, 3.63) is 67.6 Å². The molecule has 0 amide bonds. The van der Waals surface area contributed by atoms with Crippen molar-refractivity contribution in [2.75, 3.05) is 0 Å². The Kier molecular flexibility index (Phi) is 6.30. The average molecular weight is 432 g/mol. The van der Waals surface area contributed by atoms with Crippen molar-refractivity contribution in [1.82, 2.24) is 5.32 Å². The molecular formula is C17H18Br2ClN. The summed E-state index contributed by atoms with van der Waals surface area (Å²) in [7, 11) is 0. The van der Waals surface area contributed by atoms with Crippen LogP contribution in [-0.4, -0.2) is 0 Å². The van der Waals surface area contributed by atoms with E-state index in [1.165, 1.54) is 11.1 Å². The standard InChI is InChI=1S/C17H18Br2ClN/c1-3-17(12-5-4-6-14(20)9-12)21-11(2)15-8-7-13(18)10-16(15)19/h4-11,17,21H,3H2,1-2H3. The Labute approximate surface area is 148 Å². The average Bonchev–Trinajstić information content (AvgIpc) is 2.44. The third-order valence-electron chi connectivity index (χ3n) is 3.54. The monoisotopic (exact) mass is 429 g/mol. The summed E-state index contributed by atoms with van der Waals surface area (Å²) in [4.78, 5) is 0. The summed E-state index contributed by atoms with van der Waals surface area (Å²) in [5, 5.41) is 4.47. The van der Waals surface area contributed by atoms with E-state index in [4.69, 9.17) is 11.6 Å². The Morgan fingerprint density at radius 1 is 1.14 bits per heavy atom. The van der Waals surface area contributed by atoms with Crippen LogP contribution >= 0.6 is 43.5 Å². The smallest absolute Gasteiger partial charge is 0.0409 e. The third-order valence-corrected chi connectivity index (χ3v) is 4.95. The van der Waals surface area contributed by atoms with E-state index in [1.807, 2.05) is 18.2 Å². The van der Waals surface area contributed by atoms with Crippen LogP contribution in [0.5, 0.6) is 0 Å². The summed E-state index contributed by atoms with van der Waals surface area (Å²) >= 11 is 13.2. The van der Waals surface area contributed by atoms with Crippen molar-refractivity contribution in [3.8, 4) is 0 Å². The molecule has 0 saturated heterocycles. The lowest BCUT2D eigenvalue weighted by atomic mass is 10.0. The summed E-state index contributed by atoms with van der Waals surface area (Å²) in [5.41, 5.74) is 2.48. The van der Waals surface area contributed by atoms with E-state index in [-0.39, 0.29) is 12.1 Å². The lowest BCUT2D eigenvalue weighted by Gasteiger charge is -2.24. The van der Waals surface area contributed by atoms with E-state index in [2.05, 4.69) is 75.3 Å². The number of halogens is 3. The second kappa shape index (κ2) is 7.77. The topological polar surface area (TPSA) is 12.0 Å². The fraction of sp³-hybridized carbons (Fsp3) is 0.294. The number of rotatable bonds is 5. The van der Waals surface area contributed by atoms with Gasteiger partial charge >= 0.3 is 0 Å². The zero-order chi connectivity index (χ0) is 15.4. The molecule has 2 aromatic carbocycles. The fourth-order valence-electron chi connectivity index (χ4n) is 2.42. The molecule has 112 valence electrons. The first-order chi connectivity index (χ1) is 10.0. The van der Waals surface area contributed by atoms with Gasteiger partial charge in [-0.05, 0) is 48.7 Å². The van der Waals surface area contributed by atoms with Gasteiger partial charge in [-0.25, -0.2) is 0 Å². The van der Waals surface area contributed by atoms with Gasteiger partial charge in [0, 0.05) is 26.1 Å². The van der Waals surface area contributed by atoms with Gasteiger partial charge in [-0.15, -0.1) is 0 Å². The molecule has 21 heavy (non-hydrogen) atoms. The molecule has 4 heteroatoms. The molecule has 0 bridgehead atoms. The molecule has 2 unspecified atom stereocenters. The first kappa shape index (κ1) is 17.0. The molecular weight excluding hydrogens is 413 g/mol. The minimum atomic E-state index is 0.247. The number of nitrogens with one attached hydrogen (secondary N) is 1. The maximum absolute atomic E-state index is 6.10. The molecule has 0 aliphatic heterocycles. The van der Waals surface area contributed by atoms with Gasteiger partial charge in [0.1, 0.15) is 0 Å². The molecule has 0 aliphatic carbocycles. The predicted octanol–water partition coefficient (Wildman–Crippen LogP) is 6.67. The van der Waals surface area contributed by atoms with Crippen molar-refractivity contribution in [1.29, 1.82) is 0 Å². The lowest BCUT2D eigenvalue weighted by Crippen LogP contribution is -2.24. The minimum Gasteiger partial charge on any atom is -0.303 e. The molecule has 1 N–H and O–H groups in total. The molecule has 2 aromatic rings. The van der Waals surface area contributed by atoms with Crippen LogP contribution in [0.3, 0.4) is 0 Å². The highest BCUT2D eigenvalue weighted by atomic mass is 79.9. The zero-order valence-corrected chi connectivity index (χ0v) is 16.0. The highest BCUT2D eigenvalue weighted by molar-refractivity contribution is 9.11. The van der Waals surface area contributed by atoms with Gasteiger partial charge in [-0.1, -0.05) is 68.6 Å². The highest BCUT2D eigenvalue weighted by Crippen LogP contribution is 2.29. The fourth-order valence-corrected chi connectivity index (χ4v) is 4.01. The summed E-state index contributed by atoms with van der Waals surface area (Å²) in [6.45, 7) is 4.36. The van der Waals surface area contributed by atoms with Gasteiger partial charge in [-0.2, -0.15) is 0 Å². The van der Waals surface area contributed by atoms with E-state index in [9.17, 15) is 0 Å². The second-order valence-corrected chi connectivity index (χ2v) is 7.28. The number of hydrogen-bond acceptors (Lipinski definition) is 1. The van der Waals surface area contributed by atoms with Crippen LogP contribution in [0.1, 0.15) is 43.5 Å². The van der Waals surface area contributed by atoms with Crippen molar-refractivity contribution in [2.45, 2.75) is 32.4 Å². The van der Waals surface area contributed by atoms with Crippen molar-refractivity contribution in [2.24, 2.45) is 0 Å². The van der Waals surface area contributed by atoms with Crippen molar-refractivity contribution < 1.29 is 0 Å². The van der Waals surface area contributed by atoms with Gasteiger partial charge in [0.05, 0.1) is 0 Å².